The van der Waals surface area contributed by atoms with Crippen LogP contribution in [-0.2, 0) is 4.79 Å². The van der Waals surface area contributed by atoms with Crippen LogP contribution in [0.4, 0.5) is 4.39 Å². The van der Waals surface area contributed by atoms with Gasteiger partial charge in [-0.25, -0.2) is 4.39 Å². The molecule has 0 radical (unpaired) electrons. The summed E-state index contributed by atoms with van der Waals surface area (Å²) in [5, 5.41) is 0. The summed E-state index contributed by atoms with van der Waals surface area (Å²) in [4.78, 5) is 11.7. The molecule has 0 aliphatic rings. The Hall–Kier alpha value is -2.16. The summed E-state index contributed by atoms with van der Waals surface area (Å²) in [6, 6.07) is 13.5. The van der Waals surface area contributed by atoms with Gasteiger partial charge in [0.15, 0.2) is 0 Å². The van der Waals surface area contributed by atoms with E-state index in [1.807, 2.05) is 26.0 Å². The first-order valence-electron chi connectivity index (χ1n) is 6.68. The van der Waals surface area contributed by atoms with E-state index in [2.05, 4.69) is 0 Å². The third kappa shape index (κ3) is 3.44. The molecule has 0 aromatic heterocycles. The molecule has 2 nitrogen and oxygen atoms in total. The van der Waals surface area contributed by atoms with Gasteiger partial charge in [-0.2, -0.15) is 0 Å². The zero-order chi connectivity index (χ0) is 14.5. The number of halogens is 1. The third-order valence-corrected chi connectivity index (χ3v) is 3.27. The number of esters is 1. The first kappa shape index (κ1) is 14.3. The number of benzene rings is 2. The van der Waals surface area contributed by atoms with Gasteiger partial charge in [-0.05, 0) is 41.8 Å². The molecule has 0 spiro atoms. The average Bonchev–Trinajstić information content (AvgIpc) is 2.48. The van der Waals surface area contributed by atoms with Crippen LogP contribution in [-0.4, -0.2) is 5.97 Å². The van der Waals surface area contributed by atoms with Gasteiger partial charge in [0.2, 0.25) is 0 Å². The number of carbonyl (C=O) groups excluding carboxylic acids is 1. The van der Waals surface area contributed by atoms with Crippen molar-refractivity contribution in [1.82, 2.24) is 0 Å². The smallest absolute Gasteiger partial charge is 0.314 e. The number of hydrogen-bond donors (Lipinski definition) is 0. The van der Waals surface area contributed by atoms with Crippen LogP contribution in [0.25, 0.3) is 11.1 Å². The van der Waals surface area contributed by atoms with E-state index in [1.165, 1.54) is 12.1 Å². The van der Waals surface area contributed by atoms with Gasteiger partial charge in [-0.1, -0.05) is 38.1 Å². The second-order valence-electron chi connectivity index (χ2n) is 4.76. The minimum Gasteiger partial charge on any atom is -0.426 e. The Balaban J connectivity index is 2.10. The number of ether oxygens (including phenoxy) is 1. The highest BCUT2D eigenvalue weighted by molar-refractivity contribution is 5.75. The van der Waals surface area contributed by atoms with Crippen molar-refractivity contribution in [3.63, 3.8) is 0 Å². The first-order valence-corrected chi connectivity index (χ1v) is 6.68. The van der Waals surface area contributed by atoms with Crippen molar-refractivity contribution in [1.29, 1.82) is 0 Å². The topological polar surface area (TPSA) is 26.3 Å². The lowest BCUT2D eigenvalue weighted by Crippen LogP contribution is -2.16. The van der Waals surface area contributed by atoms with Crippen LogP contribution in [0.3, 0.4) is 0 Å². The van der Waals surface area contributed by atoms with Crippen LogP contribution in [0.1, 0.15) is 20.3 Å². The molecule has 1 atom stereocenters. The Morgan fingerprint density at radius 1 is 1.05 bits per heavy atom. The second-order valence-corrected chi connectivity index (χ2v) is 4.76. The minimum atomic E-state index is -0.257. The summed E-state index contributed by atoms with van der Waals surface area (Å²) in [7, 11) is 0. The van der Waals surface area contributed by atoms with Crippen LogP contribution in [0.2, 0.25) is 0 Å². The van der Waals surface area contributed by atoms with Gasteiger partial charge in [0, 0.05) is 0 Å². The molecule has 3 heteroatoms. The van der Waals surface area contributed by atoms with Gasteiger partial charge in [0.1, 0.15) is 11.6 Å². The van der Waals surface area contributed by atoms with E-state index in [0.29, 0.717) is 5.75 Å². The van der Waals surface area contributed by atoms with Crippen molar-refractivity contribution < 1.29 is 13.9 Å². The predicted octanol–water partition coefficient (Wildman–Crippen LogP) is 4.44. The highest BCUT2D eigenvalue weighted by Gasteiger charge is 2.12. The maximum atomic E-state index is 12.9. The molecular weight excluding hydrogens is 255 g/mol. The lowest BCUT2D eigenvalue weighted by atomic mass is 10.1. The van der Waals surface area contributed by atoms with E-state index in [4.69, 9.17) is 4.74 Å². The zero-order valence-corrected chi connectivity index (χ0v) is 11.6. The molecule has 0 N–H and O–H groups in total. The molecule has 20 heavy (non-hydrogen) atoms. The lowest BCUT2D eigenvalue weighted by molar-refractivity contribution is -0.138. The van der Waals surface area contributed by atoms with Crippen molar-refractivity contribution in [2.24, 2.45) is 5.92 Å². The van der Waals surface area contributed by atoms with E-state index in [0.717, 1.165) is 17.5 Å². The van der Waals surface area contributed by atoms with E-state index in [-0.39, 0.29) is 17.7 Å². The quantitative estimate of drug-likeness (QED) is 0.607. The molecule has 104 valence electrons. The summed E-state index contributed by atoms with van der Waals surface area (Å²) in [5.41, 5.74) is 1.87. The fourth-order valence-electron chi connectivity index (χ4n) is 1.74. The zero-order valence-electron chi connectivity index (χ0n) is 11.6. The molecule has 2 rings (SSSR count). The molecule has 0 fully saturated rings. The maximum Gasteiger partial charge on any atom is 0.314 e. The van der Waals surface area contributed by atoms with Crippen molar-refractivity contribution >= 4 is 5.97 Å². The van der Waals surface area contributed by atoms with Crippen molar-refractivity contribution in [3.05, 3.63) is 54.3 Å². The number of carbonyl (C=O) groups is 1. The minimum absolute atomic E-state index is 0.105. The van der Waals surface area contributed by atoms with Crippen LogP contribution in [0.15, 0.2) is 48.5 Å². The van der Waals surface area contributed by atoms with Gasteiger partial charge < -0.3 is 4.74 Å². The first-order chi connectivity index (χ1) is 9.60. The molecule has 0 amide bonds. The largest absolute Gasteiger partial charge is 0.426 e. The normalized spacial score (nSPS) is 11.9. The highest BCUT2D eigenvalue weighted by Crippen LogP contribution is 2.23. The Labute approximate surface area is 118 Å². The molecular formula is C17H17FO2. The molecule has 1 unspecified atom stereocenters. The molecule has 2 aromatic rings. The van der Waals surface area contributed by atoms with Crippen molar-refractivity contribution in [2.45, 2.75) is 20.3 Å². The van der Waals surface area contributed by atoms with Crippen molar-refractivity contribution in [2.75, 3.05) is 0 Å². The van der Waals surface area contributed by atoms with E-state index in [1.54, 1.807) is 24.3 Å². The molecule has 0 saturated heterocycles. The Bertz CT molecular complexity index is 573. The molecule has 0 aliphatic carbocycles. The van der Waals surface area contributed by atoms with Gasteiger partial charge in [0.05, 0.1) is 5.92 Å². The van der Waals surface area contributed by atoms with Gasteiger partial charge in [-0.15, -0.1) is 0 Å². The van der Waals surface area contributed by atoms with E-state index >= 15 is 0 Å². The van der Waals surface area contributed by atoms with Crippen molar-refractivity contribution in [3.8, 4) is 16.9 Å². The Kier molecular flexibility index (Phi) is 4.51. The van der Waals surface area contributed by atoms with Crippen LogP contribution < -0.4 is 4.74 Å². The number of rotatable bonds is 4. The SMILES string of the molecule is CCC(C)C(=O)Oc1ccc(-c2ccc(F)cc2)cc1. The molecule has 0 bridgehead atoms. The van der Waals surface area contributed by atoms with Gasteiger partial charge in [0.25, 0.3) is 0 Å². The van der Waals surface area contributed by atoms with E-state index < -0.39 is 0 Å². The summed E-state index contributed by atoms with van der Waals surface area (Å²) >= 11 is 0. The Morgan fingerprint density at radius 3 is 2.05 bits per heavy atom. The standard InChI is InChI=1S/C17H17FO2/c1-3-12(2)17(19)20-16-10-6-14(7-11-16)13-4-8-15(18)9-5-13/h4-12H,3H2,1-2H3. The second kappa shape index (κ2) is 6.33. The fraction of sp³-hybridized carbons (Fsp3) is 0.235. The number of hydrogen-bond acceptors (Lipinski definition) is 2. The van der Waals surface area contributed by atoms with Gasteiger partial charge >= 0.3 is 5.97 Å². The fourth-order valence-corrected chi connectivity index (χ4v) is 1.74. The van der Waals surface area contributed by atoms with Crippen LogP contribution in [0.5, 0.6) is 5.75 Å². The molecule has 0 aliphatic heterocycles. The van der Waals surface area contributed by atoms with Crippen LogP contribution >= 0.6 is 0 Å². The summed E-state index contributed by atoms with van der Waals surface area (Å²) in [5.74, 6) is -0.0529. The molecule has 0 saturated carbocycles. The summed E-state index contributed by atoms with van der Waals surface area (Å²) in [6.45, 7) is 3.79. The average molecular weight is 272 g/mol. The summed E-state index contributed by atoms with van der Waals surface area (Å²) < 4.78 is 18.1. The maximum absolute atomic E-state index is 12.9. The lowest BCUT2D eigenvalue weighted by Gasteiger charge is -2.09. The highest BCUT2D eigenvalue weighted by atomic mass is 19.1. The molecule has 2 aromatic carbocycles. The summed E-state index contributed by atoms with van der Waals surface area (Å²) in [6.07, 6.45) is 0.756. The predicted molar refractivity (Wildman–Crippen MR) is 76.9 cm³/mol. The Morgan fingerprint density at radius 2 is 1.55 bits per heavy atom. The molecule has 0 heterocycles. The third-order valence-electron chi connectivity index (χ3n) is 3.27. The monoisotopic (exact) mass is 272 g/mol. The van der Waals surface area contributed by atoms with Gasteiger partial charge in [-0.3, -0.25) is 4.79 Å². The van der Waals surface area contributed by atoms with Crippen LogP contribution in [0, 0.1) is 11.7 Å². The van der Waals surface area contributed by atoms with E-state index in [9.17, 15) is 9.18 Å².